The Morgan fingerprint density at radius 2 is 2.00 bits per heavy atom. The first kappa shape index (κ1) is 25.3. The Kier molecular flexibility index (Phi) is 8.52. The highest BCUT2D eigenvalue weighted by atomic mass is 35.5. The van der Waals surface area contributed by atoms with E-state index in [9.17, 15) is 18.5 Å². The second-order valence-electron chi connectivity index (χ2n) is 8.58. The van der Waals surface area contributed by atoms with Gasteiger partial charge in [0.25, 0.3) is 5.56 Å². The highest BCUT2D eigenvalue weighted by Gasteiger charge is 2.39. The molecule has 0 aromatic carbocycles. The number of hydrogen-bond donors (Lipinski definition) is 3. The van der Waals surface area contributed by atoms with Crippen molar-refractivity contribution in [3.63, 3.8) is 0 Å². The number of ether oxygens (including phenoxy) is 1. The first-order valence-electron chi connectivity index (χ1n) is 10.7. The molecule has 1 aromatic heterocycles. The van der Waals surface area contributed by atoms with Gasteiger partial charge in [0.2, 0.25) is 5.91 Å². The van der Waals surface area contributed by atoms with Crippen LogP contribution in [0.1, 0.15) is 45.4 Å². The fourth-order valence-corrected chi connectivity index (χ4v) is 4.92. The number of halogens is 2. The van der Waals surface area contributed by atoms with Gasteiger partial charge in [0.05, 0.1) is 18.1 Å². The van der Waals surface area contributed by atoms with Gasteiger partial charge in [-0.1, -0.05) is 6.92 Å². The van der Waals surface area contributed by atoms with E-state index in [1.165, 1.54) is 12.3 Å². The average Bonchev–Trinajstić information content (AvgIpc) is 2.70. The molecule has 9 nitrogen and oxygen atoms in total. The number of phosphoric ester groups is 1. The van der Waals surface area contributed by atoms with Gasteiger partial charge < -0.3 is 19.8 Å². The van der Waals surface area contributed by atoms with Gasteiger partial charge in [0.1, 0.15) is 12.9 Å². The number of pyridine rings is 1. The molecule has 0 aliphatic heterocycles. The van der Waals surface area contributed by atoms with Crippen molar-refractivity contribution >= 4 is 31.0 Å². The van der Waals surface area contributed by atoms with Crippen molar-refractivity contribution in [3.05, 3.63) is 28.7 Å². The van der Waals surface area contributed by atoms with Gasteiger partial charge in [-0.05, 0) is 50.5 Å². The monoisotopic (exact) mass is 494 g/mol. The van der Waals surface area contributed by atoms with Crippen LogP contribution in [0.4, 0.5) is 10.1 Å². The summed E-state index contributed by atoms with van der Waals surface area (Å²) in [7, 11) is -4.72. The summed E-state index contributed by atoms with van der Waals surface area (Å²) in [5.74, 6) is -0.767. The van der Waals surface area contributed by atoms with E-state index >= 15 is 0 Å². The molecule has 32 heavy (non-hydrogen) atoms. The van der Waals surface area contributed by atoms with E-state index in [2.05, 4.69) is 9.84 Å². The lowest BCUT2D eigenvalue weighted by Crippen LogP contribution is -2.44. The molecular weight excluding hydrogens is 466 g/mol. The van der Waals surface area contributed by atoms with Crippen molar-refractivity contribution in [2.45, 2.75) is 75.9 Å². The highest BCUT2D eigenvalue weighted by molar-refractivity contribution is 7.46. The molecule has 180 valence electrons. The molecule has 2 aliphatic rings. The Hall–Kier alpha value is -1.29. The van der Waals surface area contributed by atoms with Gasteiger partial charge in [0.15, 0.2) is 0 Å². The van der Waals surface area contributed by atoms with E-state index in [4.69, 9.17) is 26.1 Å². The number of nitrogens with one attached hydrogen (secondary N) is 1. The van der Waals surface area contributed by atoms with E-state index in [1.807, 2.05) is 6.92 Å². The van der Waals surface area contributed by atoms with Crippen molar-refractivity contribution in [2.75, 3.05) is 5.32 Å². The van der Waals surface area contributed by atoms with Gasteiger partial charge in [-0.2, -0.15) is 0 Å². The second-order valence-corrected chi connectivity index (χ2v) is 10.4. The van der Waals surface area contributed by atoms with Crippen LogP contribution in [0.3, 0.4) is 0 Å². The van der Waals surface area contributed by atoms with Crippen molar-refractivity contribution in [1.82, 2.24) is 4.57 Å². The summed E-state index contributed by atoms with van der Waals surface area (Å²) in [6.07, 6.45) is 3.31. The maximum absolute atomic E-state index is 13.6. The van der Waals surface area contributed by atoms with E-state index in [-0.39, 0.29) is 35.1 Å². The quantitative estimate of drug-likeness (QED) is 0.392. The molecule has 0 saturated heterocycles. The molecule has 2 aliphatic carbocycles. The maximum atomic E-state index is 13.6. The van der Waals surface area contributed by atoms with Crippen LogP contribution < -0.4 is 10.9 Å². The second kappa shape index (κ2) is 10.8. The zero-order chi connectivity index (χ0) is 23.5. The van der Waals surface area contributed by atoms with E-state index < -0.39 is 32.2 Å². The van der Waals surface area contributed by atoms with Crippen LogP contribution in [-0.4, -0.2) is 44.0 Å². The number of anilines is 1. The minimum absolute atomic E-state index is 0.0687. The highest BCUT2D eigenvalue weighted by Crippen LogP contribution is 2.37. The molecule has 1 amide bonds. The minimum atomic E-state index is -4.72. The molecule has 3 rings (SSSR count). The topological polar surface area (TPSA) is 127 Å². The molecule has 1 heterocycles. The first-order valence-corrected chi connectivity index (χ1v) is 12.6. The van der Waals surface area contributed by atoms with Crippen molar-refractivity contribution in [1.29, 1.82) is 0 Å². The molecule has 6 atom stereocenters. The van der Waals surface area contributed by atoms with Crippen LogP contribution in [0.5, 0.6) is 0 Å². The van der Waals surface area contributed by atoms with Crippen LogP contribution in [0.25, 0.3) is 0 Å². The number of aromatic nitrogens is 1. The lowest BCUT2D eigenvalue weighted by molar-refractivity contribution is -0.136. The minimum Gasteiger partial charge on any atom is -0.374 e. The average molecular weight is 495 g/mol. The number of rotatable bonds is 7. The molecule has 2 fully saturated rings. The predicted octanol–water partition coefficient (Wildman–Crippen LogP) is 3.17. The molecule has 0 bridgehead atoms. The molecule has 6 unspecified atom stereocenters. The van der Waals surface area contributed by atoms with Crippen LogP contribution in [0.15, 0.2) is 23.1 Å². The predicted molar refractivity (Wildman–Crippen MR) is 116 cm³/mol. The molecule has 12 heteroatoms. The summed E-state index contributed by atoms with van der Waals surface area (Å²) in [6, 6.07) is 2.58. The van der Waals surface area contributed by atoms with Gasteiger partial charge in [-0.15, -0.1) is 11.6 Å². The van der Waals surface area contributed by atoms with Gasteiger partial charge in [-0.25, -0.2) is 8.96 Å². The summed E-state index contributed by atoms with van der Waals surface area (Å²) < 4.78 is 36.0. The number of nitrogens with zero attached hydrogens (tertiary/aromatic N) is 1. The van der Waals surface area contributed by atoms with Gasteiger partial charge in [-0.3, -0.25) is 18.7 Å². The normalized spacial score (nSPS) is 31.3. The van der Waals surface area contributed by atoms with Crippen LogP contribution in [0, 0.1) is 11.8 Å². The van der Waals surface area contributed by atoms with Crippen molar-refractivity contribution in [3.8, 4) is 0 Å². The summed E-state index contributed by atoms with van der Waals surface area (Å²) in [5.41, 5.74) is -0.353. The third-order valence-electron chi connectivity index (χ3n) is 6.06. The zero-order valence-electron chi connectivity index (χ0n) is 17.7. The van der Waals surface area contributed by atoms with E-state index in [0.29, 0.717) is 32.1 Å². The van der Waals surface area contributed by atoms with Crippen molar-refractivity contribution in [2.24, 2.45) is 11.8 Å². The van der Waals surface area contributed by atoms with E-state index in [0.717, 1.165) is 17.1 Å². The number of phosphoric acid groups is 1. The Morgan fingerprint density at radius 3 is 2.66 bits per heavy atom. The summed E-state index contributed by atoms with van der Waals surface area (Å²) in [5, 5.41) is 2.55. The molecular formula is C20H29ClFN2O7P. The lowest BCUT2D eigenvalue weighted by Gasteiger charge is -2.39. The summed E-state index contributed by atoms with van der Waals surface area (Å²) >= 11 is 6.32. The Balaban J connectivity index is 1.65. The number of alkyl halides is 2. The molecule has 1 aromatic rings. The van der Waals surface area contributed by atoms with Crippen LogP contribution >= 0.6 is 19.4 Å². The number of carbonyl (C=O) groups is 1. The van der Waals surface area contributed by atoms with Gasteiger partial charge in [0, 0.05) is 23.3 Å². The fourth-order valence-electron chi connectivity index (χ4n) is 4.32. The third-order valence-corrected chi connectivity index (χ3v) is 6.91. The number of amides is 1. The lowest BCUT2D eigenvalue weighted by atomic mass is 9.83. The smallest absolute Gasteiger partial charge is 0.374 e. The standard InChI is InChI=1S/C20H29ClFN2O7P/c1-12-8-14(22)3-5-17(12)31-18-4-2-13(21)9-16(18)20(26)23-15-6-7-24(19(25)10-15)11-30-32(27,28)29/h6-7,10,12-14,16-18H,2-5,8-9,11H2,1H3,(H,23,26)(H2,27,28,29). The third kappa shape index (κ3) is 7.10. The van der Waals surface area contributed by atoms with Crippen LogP contribution in [-0.2, 0) is 25.4 Å². The molecule has 3 N–H and O–H groups in total. The Labute approximate surface area is 190 Å². The zero-order valence-corrected chi connectivity index (χ0v) is 19.4. The number of hydrogen-bond acceptors (Lipinski definition) is 5. The summed E-state index contributed by atoms with van der Waals surface area (Å²) in [4.78, 5) is 42.7. The van der Waals surface area contributed by atoms with Gasteiger partial charge >= 0.3 is 7.82 Å². The van der Waals surface area contributed by atoms with Crippen molar-refractivity contribution < 1.29 is 32.8 Å². The largest absolute Gasteiger partial charge is 0.471 e. The Bertz CT molecular complexity index is 910. The van der Waals surface area contributed by atoms with E-state index in [1.54, 1.807) is 0 Å². The first-order chi connectivity index (χ1) is 15.0. The molecule has 2 saturated carbocycles. The SMILES string of the molecule is CC1CC(F)CCC1OC1CCC(Cl)CC1C(=O)Nc1ccn(COP(=O)(O)O)c(=O)c1. The number of carbonyl (C=O) groups excluding carboxylic acids is 1. The van der Waals surface area contributed by atoms with Crippen LogP contribution in [0.2, 0.25) is 0 Å². The molecule has 0 spiro atoms. The fraction of sp³-hybridized carbons (Fsp3) is 0.700. The maximum Gasteiger partial charge on any atom is 0.471 e. The Morgan fingerprint density at radius 1 is 1.28 bits per heavy atom. The summed E-state index contributed by atoms with van der Waals surface area (Å²) in [6.45, 7) is 1.34. The molecule has 0 radical (unpaired) electrons.